The monoisotopic (exact) mass is 385 g/mol. The molecule has 0 aliphatic heterocycles. The van der Waals surface area contributed by atoms with E-state index in [0.29, 0.717) is 17.5 Å². The number of anilines is 1. The van der Waals surface area contributed by atoms with Crippen LogP contribution in [0.25, 0.3) is 0 Å². The van der Waals surface area contributed by atoms with Gasteiger partial charge in [0.1, 0.15) is 0 Å². The fraction of sp³-hybridized carbons (Fsp3) is 0.357. The van der Waals surface area contributed by atoms with Gasteiger partial charge in [-0.25, -0.2) is 0 Å². The fourth-order valence-electron chi connectivity index (χ4n) is 1.59. The minimum atomic E-state index is -0.00869. The fourth-order valence-corrected chi connectivity index (χ4v) is 3.57. The van der Waals surface area contributed by atoms with E-state index in [1.807, 2.05) is 26.0 Å². The van der Waals surface area contributed by atoms with Gasteiger partial charge in [-0.2, -0.15) is 0 Å². The van der Waals surface area contributed by atoms with Crippen molar-refractivity contribution in [1.29, 1.82) is 0 Å². The number of nitrogens with one attached hydrogen (secondary N) is 1. The molecule has 1 heterocycles. The Balaban J connectivity index is 1.85. The zero-order chi connectivity index (χ0) is 15.2. The number of amides is 1. The van der Waals surface area contributed by atoms with Gasteiger partial charge in [0.15, 0.2) is 4.34 Å². The standard InChI is InChI=1S/C14H16BrN3OS2/c1-9(2)7-12(19)16-13-17-18-14(21-13)20-8-10-3-5-11(15)6-4-10/h3-6,9H,7-8H2,1-2H3,(H,16,17,19). The van der Waals surface area contributed by atoms with Gasteiger partial charge in [-0.15, -0.1) is 10.2 Å². The molecule has 112 valence electrons. The van der Waals surface area contributed by atoms with E-state index >= 15 is 0 Å². The molecule has 21 heavy (non-hydrogen) atoms. The van der Waals surface area contributed by atoms with Crippen molar-refractivity contribution in [3.8, 4) is 0 Å². The van der Waals surface area contributed by atoms with Gasteiger partial charge in [0.25, 0.3) is 0 Å². The van der Waals surface area contributed by atoms with E-state index in [2.05, 4.69) is 43.6 Å². The van der Waals surface area contributed by atoms with Crippen molar-refractivity contribution in [3.05, 3.63) is 34.3 Å². The second-order valence-corrected chi connectivity index (χ2v) is 8.05. The number of thioether (sulfide) groups is 1. The van der Waals surface area contributed by atoms with Gasteiger partial charge in [-0.3, -0.25) is 4.79 Å². The predicted molar refractivity (Wildman–Crippen MR) is 91.7 cm³/mol. The summed E-state index contributed by atoms with van der Waals surface area (Å²) in [4.78, 5) is 11.7. The number of hydrogen-bond acceptors (Lipinski definition) is 5. The summed E-state index contributed by atoms with van der Waals surface area (Å²) in [6, 6.07) is 8.19. The minimum Gasteiger partial charge on any atom is -0.300 e. The van der Waals surface area contributed by atoms with E-state index in [-0.39, 0.29) is 5.91 Å². The molecule has 0 saturated heterocycles. The first-order valence-electron chi connectivity index (χ1n) is 6.53. The Morgan fingerprint density at radius 1 is 1.33 bits per heavy atom. The highest BCUT2D eigenvalue weighted by Gasteiger charge is 2.10. The van der Waals surface area contributed by atoms with Crippen molar-refractivity contribution in [3.63, 3.8) is 0 Å². The summed E-state index contributed by atoms with van der Waals surface area (Å²) in [7, 11) is 0. The van der Waals surface area contributed by atoms with Gasteiger partial charge < -0.3 is 5.32 Å². The first-order chi connectivity index (χ1) is 10.0. The molecule has 0 aliphatic rings. The largest absolute Gasteiger partial charge is 0.300 e. The molecular weight excluding hydrogens is 370 g/mol. The number of benzene rings is 1. The molecule has 1 amide bonds. The molecule has 2 aromatic rings. The molecule has 0 unspecified atom stereocenters. The number of hydrogen-bond donors (Lipinski definition) is 1. The average Bonchev–Trinajstić information content (AvgIpc) is 2.84. The molecule has 0 saturated carbocycles. The Hall–Kier alpha value is -0.920. The summed E-state index contributed by atoms with van der Waals surface area (Å²) in [5.74, 6) is 1.16. The van der Waals surface area contributed by atoms with Crippen molar-refractivity contribution >= 4 is 50.1 Å². The molecule has 0 aliphatic carbocycles. The van der Waals surface area contributed by atoms with Crippen LogP contribution < -0.4 is 5.32 Å². The lowest BCUT2D eigenvalue weighted by Gasteiger charge is -2.02. The van der Waals surface area contributed by atoms with Gasteiger partial charge in [0, 0.05) is 16.6 Å². The normalized spacial score (nSPS) is 10.9. The van der Waals surface area contributed by atoms with Crippen LogP contribution in [0.1, 0.15) is 25.8 Å². The van der Waals surface area contributed by atoms with Gasteiger partial charge in [-0.1, -0.05) is 65.0 Å². The maximum absolute atomic E-state index is 11.7. The average molecular weight is 386 g/mol. The maximum Gasteiger partial charge on any atom is 0.226 e. The van der Waals surface area contributed by atoms with E-state index in [9.17, 15) is 4.79 Å². The third-order valence-electron chi connectivity index (χ3n) is 2.52. The van der Waals surface area contributed by atoms with Crippen LogP contribution in [0.2, 0.25) is 0 Å². The van der Waals surface area contributed by atoms with Crippen molar-refractivity contribution in [1.82, 2.24) is 10.2 Å². The van der Waals surface area contributed by atoms with Crippen molar-refractivity contribution in [2.75, 3.05) is 5.32 Å². The summed E-state index contributed by atoms with van der Waals surface area (Å²) in [5.41, 5.74) is 1.23. The van der Waals surface area contributed by atoms with Gasteiger partial charge >= 0.3 is 0 Å². The summed E-state index contributed by atoms with van der Waals surface area (Å²) in [6.07, 6.45) is 0.501. The van der Waals surface area contributed by atoms with Crippen LogP contribution in [0, 0.1) is 5.92 Å². The highest BCUT2D eigenvalue weighted by atomic mass is 79.9. The van der Waals surface area contributed by atoms with Crippen LogP contribution in [-0.4, -0.2) is 16.1 Å². The van der Waals surface area contributed by atoms with Crippen LogP contribution in [0.15, 0.2) is 33.1 Å². The molecule has 0 fully saturated rings. The van der Waals surface area contributed by atoms with E-state index in [4.69, 9.17) is 0 Å². The summed E-state index contributed by atoms with van der Waals surface area (Å²) < 4.78 is 1.93. The number of rotatable bonds is 6. The maximum atomic E-state index is 11.7. The second-order valence-electron chi connectivity index (χ2n) is 4.93. The minimum absolute atomic E-state index is 0.00869. The molecule has 0 radical (unpaired) electrons. The molecule has 1 N–H and O–H groups in total. The van der Waals surface area contributed by atoms with Gasteiger partial charge in [0.2, 0.25) is 11.0 Å². The highest BCUT2D eigenvalue weighted by Crippen LogP contribution is 2.28. The third kappa shape index (κ3) is 5.76. The molecule has 4 nitrogen and oxygen atoms in total. The predicted octanol–water partition coefficient (Wildman–Crippen LogP) is 4.58. The number of carbonyl (C=O) groups excluding carboxylic acids is 1. The number of halogens is 1. The molecule has 1 aromatic heterocycles. The number of carbonyl (C=O) groups is 1. The van der Waals surface area contributed by atoms with Crippen molar-refractivity contribution in [2.45, 2.75) is 30.4 Å². The van der Waals surface area contributed by atoms with Crippen LogP contribution in [0.4, 0.5) is 5.13 Å². The highest BCUT2D eigenvalue weighted by molar-refractivity contribution is 9.10. The van der Waals surface area contributed by atoms with E-state index in [0.717, 1.165) is 14.6 Å². The van der Waals surface area contributed by atoms with Crippen LogP contribution >= 0.6 is 39.0 Å². The molecule has 0 spiro atoms. The molecule has 7 heteroatoms. The van der Waals surface area contributed by atoms with Crippen LogP contribution in [0.3, 0.4) is 0 Å². The zero-order valence-corrected chi connectivity index (χ0v) is 15.0. The van der Waals surface area contributed by atoms with E-state index in [1.54, 1.807) is 11.8 Å². The van der Waals surface area contributed by atoms with E-state index in [1.165, 1.54) is 16.9 Å². The lowest BCUT2D eigenvalue weighted by Crippen LogP contribution is -2.13. The quantitative estimate of drug-likeness (QED) is 0.583. The zero-order valence-electron chi connectivity index (χ0n) is 11.8. The SMILES string of the molecule is CC(C)CC(=O)Nc1nnc(SCc2ccc(Br)cc2)s1. The summed E-state index contributed by atoms with van der Waals surface area (Å²) >= 11 is 6.45. The first kappa shape index (κ1) is 16.5. The summed E-state index contributed by atoms with van der Waals surface area (Å²) in [5, 5.41) is 11.4. The topological polar surface area (TPSA) is 54.9 Å². The summed E-state index contributed by atoms with van der Waals surface area (Å²) in [6.45, 7) is 4.03. The number of nitrogens with zero attached hydrogens (tertiary/aromatic N) is 2. The van der Waals surface area contributed by atoms with Gasteiger partial charge in [0.05, 0.1) is 0 Å². The molecule has 0 atom stereocenters. The Bertz CT molecular complexity index is 599. The van der Waals surface area contributed by atoms with Crippen LogP contribution in [0.5, 0.6) is 0 Å². The molecule has 0 bridgehead atoms. The first-order valence-corrected chi connectivity index (χ1v) is 9.13. The van der Waals surface area contributed by atoms with Gasteiger partial charge in [-0.05, 0) is 23.6 Å². The number of aromatic nitrogens is 2. The Morgan fingerprint density at radius 3 is 2.71 bits per heavy atom. The molecule has 1 aromatic carbocycles. The van der Waals surface area contributed by atoms with Crippen LogP contribution in [-0.2, 0) is 10.5 Å². The lowest BCUT2D eigenvalue weighted by molar-refractivity contribution is -0.116. The lowest BCUT2D eigenvalue weighted by atomic mass is 10.1. The second kappa shape index (κ2) is 7.91. The van der Waals surface area contributed by atoms with Crippen molar-refractivity contribution in [2.24, 2.45) is 5.92 Å². The smallest absolute Gasteiger partial charge is 0.226 e. The van der Waals surface area contributed by atoms with Crippen molar-refractivity contribution < 1.29 is 4.79 Å². The Morgan fingerprint density at radius 2 is 2.05 bits per heavy atom. The Labute approximate surface area is 140 Å². The third-order valence-corrected chi connectivity index (χ3v) is 5.09. The van der Waals surface area contributed by atoms with E-state index < -0.39 is 0 Å². The molecule has 2 rings (SSSR count). The Kier molecular flexibility index (Phi) is 6.20. The molecular formula is C14H16BrN3OS2.